The largest absolute Gasteiger partial charge is 0.476 e. The molecule has 1 aromatic heterocycles. The highest BCUT2D eigenvalue weighted by Gasteiger charge is 2.44. The number of carbonyl (C=O) groups is 4. The molecule has 3 aliphatic rings. The van der Waals surface area contributed by atoms with Crippen molar-refractivity contribution in [2.45, 2.75) is 89.9 Å². The van der Waals surface area contributed by atoms with Crippen molar-refractivity contribution in [2.75, 3.05) is 43.6 Å². The van der Waals surface area contributed by atoms with Crippen LogP contribution in [-0.2, 0) is 29.4 Å². The Labute approximate surface area is 282 Å². The van der Waals surface area contributed by atoms with Crippen LogP contribution < -0.4 is 20.3 Å². The van der Waals surface area contributed by atoms with Crippen LogP contribution in [0, 0.1) is 11.8 Å². The van der Waals surface area contributed by atoms with E-state index in [4.69, 9.17) is 14.2 Å². The molecule has 2 atom stereocenters. The van der Waals surface area contributed by atoms with Gasteiger partial charge >= 0.3 is 6.09 Å². The Balaban J connectivity index is 1.37. The maximum absolute atomic E-state index is 14.0. The van der Waals surface area contributed by atoms with Crippen molar-refractivity contribution in [3.8, 4) is 5.75 Å². The summed E-state index contributed by atoms with van der Waals surface area (Å²) >= 11 is 0. The lowest BCUT2D eigenvalue weighted by Crippen LogP contribution is -2.54. The van der Waals surface area contributed by atoms with E-state index in [1.54, 1.807) is 77.2 Å². The predicted molar refractivity (Wildman–Crippen MR) is 181 cm³/mol. The Hall–Kier alpha value is -4.19. The van der Waals surface area contributed by atoms with E-state index >= 15 is 0 Å². The third-order valence-corrected chi connectivity index (χ3v) is 9.27. The first-order chi connectivity index (χ1) is 22.7. The zero-order valence-electron chi connectivity index (χ0n) is 29.0. The van der Waals surface area contributed by atoms with E-state index < -0.39 is 34.7 Å². The van der Waals surface area contributed by atoms with Gasteiger partial charge in [0, 0.05) is 51.4 Å². The number of hydrogen-bond acceptors (Lipinski definition) is 8. The third kappa shape index (κ3) is 7.91. The highest BCUT2D eigenvalue weighted by Crippen LogP contribution is 2.41. The topological polar surface area (TPSA) is 139 Å². The normalized spacial score (nSPS) is 21.6. The number of anilines is 2. The molecule has 2 N–H and O–H groups in total. The number of piperidine rings is 1. The molecule has 1 saturated heterocycles. The molecule has 260 valence electrons. The van der Waals surface area contributed by atoms with E-state index in [0.29, 0.717) is 36.7 Å². The van der Waals surface area contributed by atoms with Gasteiger partial charge in [-0.2, -0.15) is 0 Å². The first-order valence-corrected chi connectivity index (χ1v) is 16.9. The fraction of sp³-hybridized carbons (Fsp3) is 0.583. The van der Waals surface area contributed by atoms with E-state index in [9.17, 15) is 19.2 Å². The maximum Gasteiger partial charge on any atom is 0.410 e. The number of benzene rings is 1. The second kappa shape index (κ2) is 14.1. The van der Waals surface area contributed by atoms with E-state index in [0.717, 1.165) is 31.2 Å². The maximum atomic E-state index is 14.0. The van der Waals surface area contributed by atoms with E-state index in [1.165, 1.54) is 4.90 Å². The molecule has 3 heterocycles. The molecule has 0 unspecified atom stereocenters. The van der Waals surface area contributed by atoms with Gasteiger partial charge in [0.2, 0.25) is 11.8 Å². The zero-order valence-corrected chi connectivity index (χ0v) is 29.0. The minimum absolute atomic E-state index is 0.101. The highest BCUT2D eigenvalue weighted by atomic mass is 16.6. The smallest absolute Gasteiger partial charge is 0.410 e. The summed E-state index contributed by atoms with van der Waals surface area (Å²) in [5.41, 5.74) is -0.259. The number of nitrogens with zero attached hydrogens (tertiary/aromatic N) is 3. The molecule has 48 heavy (non-hydrogen) atoms. The first kappa shape index (κ1) is 35.1. The lowest BCUT2D eigenvalue weighted by atomic mass is 9.84. The summed E-state index contributed by atoms with van der Waals surface area (Å²) < 4.78 is 16.9. The van der Waals surface area contributed by atoms with Crippen LogP contribution in [0.15, 0.2) is 42.7 Å². The summed E-state index contributed by atoms with van der Waals surface area (Å²) in [5, 5.41) is 6.31. The summed E-state index contributed by atoms with van der Waals surface area (Å²) in [4.78, 5) is 61.8. The van der Waals surface area contributed by atoms with Crippen molar-refractivity contribution in [3.05, 3.63) is 48.3 Å². The summed E-state index contributed by atoms with van der Waals surface area (Å²) in [6.07, 6.45) is 7.36. The molecular weight excluding hydrogens is 614 g/mol. The molecule has 12 heteroatoms. The Morgan fingerprint density at radius 1 is 1.02 bits per heavy atom. The Bertz CT molecular complexity index is 1500. The molecule has 1 aliphatic carbocycles. The summed E-state index contributed by atoms with van der Waals surface area (Å²) in [6.45, 7) is 9.97. The number of ether oxygens (including phenoxy) is 3. The molecule has 0 spiro atoms. The summed E-state index contributed by atoms with van der Waals surface area (Å²) in [5.74, 6) is -1.49. The number of nitrogens with one attached hydrogen (secondary N) is 2. The van der Waals surface area contributed by atoms with Crippen LogP contribution in [0.1, 0.15) is 78.7 Å². The number of hydrogen-bond donors (Lipinski definition) is 2. The molecule has 2 aromatic rings. The Kier molecular flexibility index (Phi) is 10.3. The van der Waals surface area contributed by atoms with Crippen molar-refractivity contribution in [1.82, 2.24) is 15.2 Å². The summed E-state index contributed by atoms with van der Waals surface area (Å²) in [6, 6.07) is 9.07. The molecule has 5 rings (SSSR count). The predicted octanol–water partition coefficient (Wildman–Crippen LogP) is 5.02. The van der Waals surface area contributed by atoms with Gasteiger partial charge < -0.3 is 34.6 Å². The Morgan fingerprint density at radius 3 is 2.33 bits per heavy atom. The number of carbonyl (C=O) groups excluding carboxylic acids is 4. The minimum Gasteiger partial charge on any atom is -0.476 e. The van der Waals surface area contributed by atoms with Gasteiger partial charge in [-0.05, 0) is 96.2 Å². The standard InChI is InChI=1S/C36H49N5O7/c1-34(2,3)48-33(45)40-22-24(20-25(23-40)31(43)39-36(14-7-8-15-36)26-12-16-37-17-13-26)30(42)38-27-10-11-29-28(21-27)41(18-9-19-46-6)32(44)35(4,5)47-29/h10-13,16-17,21,24-25H,7-9,14-15,18-20,22-23H2,1-6H3,(H,38,42)(H,39,43)/t24-,25+/m1/s1. The molecule has 2 fully saturated rings. The lowest BCUT2D eigenvalue weighted by Gasteiger charge is -2.39. The van der Waals surface area contributed by atoms with Gasteiger partial charge in [-0.25, -0.2) is 4.79 Å². The van der Waals surface area contributed by atoms with E-state index in [2.05, 4.69) is 15.6 Å². The lowest BCUT2D eigenvalue weighted by molar-refractivity contribution is -0.133. The number of rotatable bonds is 9. The molecule has 4 amide bonds. The fourth-order valence-corrected chi connectivity index (χ4v) is 6.91. The van der Waals surface area contributed by atoms with Crippen LogP contribution in [0.25, 0.3) is 0 Å². The van der Waals surface area contributed by atoms with Crippen molar-refractivity contribution in [2.24, 2.45) is 11.8 Å². The fourth-order valence-electron chi connectivity index (χ4n) is 6.91. The highest BCUT2D eigenvalue weighted by molar-refractivity contribution is 6.03. The van der Waals surface area contributed by atoms with Gasteiger partial charge in [-0.1, -0.05) is 12.8 Å². The van der Waals surface area contributed by atoms with Gasteiger partial charge in [0.1, 0.15) is 11.4 Å². The quantitative estimate of drug-likeness (QED) is 0.357. The van der Waals surface area contributed by atoms with Crippen LogP contribution in [0.3, 0.4) is 0 Å². The number of fused-ring (bicyclic) bond motifs is 1. The van der Waals surface area contributed by atoms with Crippen molar-refractivity contribution in [3.63, 3.8) is 0 Å². The molecule has 1 saturated carbocycles. The van der Waals surface area contributed by atoms with E-state index in [-0.39, 0.29) is 37.2 Å². The number of amides is 4. The van der Waals surface area contributed by atoms with Gasteiger partial charge in [0.15, 0.2) is 5.60 Å². The van der Waals surface area contributed by atoms with Gasteiger partial charge in [-0.15, -0.1) is 0 Å². The molecule has 0 bridgehead atoms. The van der Waals surface area contributed by atoms with E-state index in [1.807, 2.05) is 12.1 Å². The van der Waals surface area contributed by atoms with Gasteiger partial charge in [-0.3, -0.25) is 19.4 Å². The molecule has 0 radical (unpaired) electrons. The summed E-state index contributed by atoms with van der Waals surface area (Å²) in [7, 11) is 1.61. The van der Waals surface area contributed by atoms with Crippen molar-refractivity contribution in [1.29, 1.82) is 0 Å². The third-order valence-electron chi connectivity index (χ3n) is 9.27. The van der Waals surface area contributed by atoms with Crippen LogP contribution in [0.4, 0.5) is 16.2 Å². The van der Waals surface area contributed by atoms with Crippen LogP contribution in [0.5, 0.6) is 5.75 Å². The first-order valence-electron chi connectivity index (χ1n) is 16.9. The molecular formula is C36H49N5O7. The number of methoxy groups -OCH3 is 1. The van der Waals surface area contributed by atoms with Gasteiger partial charge in [0.25, 0.3) is 5.91 Å². The molecule has 12 nitrogen and oxygen atoms in total. The number of pyridine rings is 1. The molecule has 2 aliphatic heterocycles. The van der Waals surface area contributed by atoms with Crippen molar-refractivity contribution < 1.29 is 33.4 Å². The minimum atomic E-state index is -1.04. The average Bonchev–Trinajstić information content (AvgIpc) is 3.52. The zero-order chi connectivity index (χ0) is 34.7. The number of aromatic nitrogens is 1. The van der Waals surface area contributed by atoms with Crippen molar-refractivity contribution >= 4 is 35.2 Å². The molecule has 1 aromatic carbocycles. The number of likely N-dealkylation sites (tertiary alicyclic amines) is 1. The van der Waals surface area contributed by atoms with Crippen LogP contribution in [-0.4, -0.2) is 78.3 Å². The SMILES string of the molecule is COCCCN1C(=O)C(C)(C)Oc2ccc(NC(=O)[C@@H]3C[C@H](C(=O)NC4(c5ccncc5)CCCC4)CN(C(=O)OC(C)(C)C)C3)cc21. The monoisotopic (exact) mass is 663 g/mol. The second-order valence-corrected chi connectivity index (χ2v) is 14.6. The average molecular weight is 664 g/mol. The van der Waals surface area contributed by atoms with Crippen LogP contribution >= 0.6 is 0 Å². The second-order valence-electron chi connectivity index (χ2n) is 14.6. The van der Waals surface area contributed by atoms with Crippen LogP contribution in [0.2, 0.25) is 0 Å². The Morgan fingerprint density at radius 2 is 1.69 bits per heavy atom. The van der Waals surface area contributed by atoms with Gasteiger partial charge in [0.05, 0.1) is 23.1 Å².